The molecule has 0 saturated carbocycles. The number of nitrogens with one attached hydrogen (secondary N) is 1. The van der Waals surface area contributed by atoms with Gasteiger partial charge in [0.05, 0.1) is 0 Å². The Morgan fingerprint density at radius 2 is 1.25 bits per heavy atom. The summed E-state index contributed by atoms with van der Waals surface area (Å²) in [6.07, 6.45) is -4.74. The molecule has 0 heterocycles. The SMILES string of the molecule is FC(F)(F)Oc1ccccc1-c1ccccc1Nc1ccccc1. The van der Waals surface area contributed by atoms with E-state index < -0.39 is 6.36 Å². The van der Waals surface area contributed by atoms with Gasteiger partial charge in [-0.15, -0.1) is 13.2 Å². The summed E-state index contributed by atoms with van der Waals surface area (Å²) in [5, 5.41) is 3.22. The number of halogens is 3. The van der Waals surface area contributed by atoms with Crippen molar-refractivity contribution in [1.82, 2.24) is 0 Å². The van der Waals surface area contributed by atoms with Gasteiger partial charge in [0, 0.05) is 22.5 Å². The van der Waals surface area contributed by atoms with Crippen LogP contribution in [-0.2, 0) is 0 Å². The summed E-state index contributed by atoms with van der Waals surface area (Å²) < 4.78 is 42.1. The molecule has 0 aliphatic rings. The molecule has 0 saturated heterocycles. The van der Waals surface area contributed by atoms with E-state index in [4.69, 9.17) is 0 Å². The molecule has 0 aliphatic carbocycles. The van der Waals surface area contributed by atoms with Gasteiger partial charge in [-0.2, -0.15) is 0 Å². The largest absolute Gasteiger partial charge is 0.573 e. The van der Waals surface area contributed by atoms with Crippen molar-refractivity contribution < 1.29 is 17.9 Å². The predicted molar refractivity (Wildman–Crippen MR) is 88.3 cm³/mol. The molecule has 0 amide bonds. The molecule has 3 aromatic carbocycles. The minimum atomic E-state index is -4.74. The van der Waals surface area contributed by atoms with Crippen molar-refractivity contribution in [3.05, 3.63) is 78.9 Å². The molecule has 0 bridgehead atoms. The van der Waals surface area contributed by atoms with E-state index in [0.717, 1.165) is 5.69 Å². The maximum atomic E-state index is 12.6. The van der Waals surface area contributed by atoms with E-state index in [-0.39, 0.29) is 5.75 Å². The van der Waals surface area contributed by atoms with Gasteiger partial charge in [0.1, 0.15) is 5.75 Å². The van der Waals surface area contributed by atoms with Crippen LogP contribution in [0.25, 0.3) is 11.1 Å². The first-order valence-corrected chi connectivity index (χ1v) is 7.29. The summed E-state index contributed by atoms with van der Waals surface area (Å²) in [6.45, 7) is 0. The summed E-state index contributed by atoms with van der Waals surface area (Å²) in [4.78, 5) is 0. The third kappa shape index (κ3) is 3.87. The third-order valence-corrected chi connectivity index (χ3v) is 3.38. The minimum absolute atomic E-state index is 0.229. The van der Waals surface area contributed by atoms with Gasteiger partial charge < -0.3 is 10.1 Å². The van der Waals surface area contributed by atoms with Crippen molar-refractivity contribution in [2.24, 2.45) is 0 Å². The monoisotopic (exact) mass is 329 g/mol. The lowest BCUT2D eigenvalue weighted by atomic mass is 10.0. The van der Waals surface area contributed by atoms with E-state index in [9.17, 15) is 13.2 Å². The molecule has 0 aromatic heterocycles. The average Bonchev–Trinajstić information content (AvgIpc) is 2.56. The van der Waals surface area contributed by atoms with Crippen molar-refractivity contribution in [1.29, 1.82) is 0 Å². The van der Waals surface area contributed by atoms with E-state index in [1.807, 2.05) is 42.5 Å². The molecule has 24 heavy (non-hydrogen) atoms. The smallest absolute Gasteiger partial charge is 0.405 e. The molecule has 5 heteroatoms. The molecule has 0 aliphatic heterocycles. The van der Waals surface area contributed by atoms with Crippen LogP contribution in [0.2, 0.25) is 0 Å². The molecule has 122 valence electrons. The Morgan fingerprint density at radius 3 is 1.96 bits per heavy atom. The number of hydrogen-bond donors (Lipinski definition) is 1. The topological polar surface area (TPSA) is 21.3 Å². The Balaban J connectivity index is 2.02. The Hall–Kier alpha value is -2.95. The van der Waals surface area contributed by atoms with E-state index in [1.54, 1.807) is 24.3 Å². The van der Waals surface area contributed by atoms with Gasteiger partial charge in [-0.05, 0) is 24.3 Å². The Morgan fingerprint density at radius 1 is 0.667 bits per heavy atom. The van der Waals surface area contributed by atoms with Crippen LogP contribution in [0.5, 0.6) is 5.75 Å². The summed E-state index contributed by atoms with van der Waals surface area (Å²) >= 11 is 0. The normalized spacial score (nSPS) is 11.1. The maximum absolute atomic E-state index is 12.6. The molecule has 0 radical (unpaired) electrons. The molecule has 1 N–H and O–H groups in total. The number of rotatable bonds is 4. The fourth-order valence-electron chi connectivity index (χ4n) is 2.41. The highest BCUT2D eigenvalue weighted by Crippen LogP contribution is 2.38. The Bertz CT molecular complexity index is 816. The first kappa shape index (κ1) is 15.9. The molecule has 0 atom stereocenters. The average molecular weight is 329 g/mol. The van der Waals surface area contributed by atoms with Crippen molar-refractivity contribution in [2.75, 3.05) is 5.32 Å². The summed E-state index contributed by atoms with van der Waals surface area (Å²) in [6, 6.07) is 22.7. The third-order valence-electron chi connectivity index (χ3n) is 3.38. The van der Waals surface area contributed by atoms with Crippen LogP contribution in [0.4, 0.5) is 24.5 Å². The van der Waals surface area contributed by atoms with E-state index in [2.05, 4.69) is 10.1 Å². The second kappa shape index (κ2) is 6.66. The Labute approximate surface area is 137 Å². The molecular formula is C19H14F3NO. The number of alkyl halides is 3. The molecule has 0 unspecified atom stereocenters. The fraction of sp³-hybridized carbons (Fsp3) is 0.0526. The van der Waals surface area contributed by atoms with Crippen LogP contribution in [0, 0.1) is 0 Å². The van der Waals surface area contributed by atoms with Gasteiger partial charge in [0.15, 0.2) is 0 Å². The minimum Gasteiger partial charge on any atom is -0.405 e. The lowest BCUT2D eigenvalue weighted by molar-refractivity contribution is -0.274. The summed E-state index contributed by atoms with van der Waals surface area (Å²) in [7, 11) is 0. The number of hydrogen-bond acceptors (Lipinski definition) is 2. The number of anilines is 2. The predicted octanol–water partition coefficient (Wildman–Crippen LogP) is 6.00. The van der Waals surface area contributed by atoms with Crippen molar-refractivity contribution in [3.63, 3.8) is 0 Å². The quantitative estimate of drug-likeness (QED) is 0.634. The highest BCUT2D eigenvalue weighted by molar-refractivity contribution is 5.84. The van der Waals surface area contributed by atoms with Gasteiger partial charge in [0.2, 0.25) is 0 Å². The van der Waals surface area contributed by atoms with E-state index in [1.165, 1.54) is 12.1 Å². The van der Waals surface area contributed by atoms with Crippen LogP contribution < -0.4 is 10.1 Å². The first-order valence-electron chi connectivity index (χ1n) is 7.29. The van der Waals surface area contributed by atoms with Crippen molar-refractivity contribution >= 4 is 11.4 Å². The van der Waals surface area contributed by atoms with Gasteiger partial charge in [-0.3, -0.25) is 0 Å². The highest BCUT2D eigenvalue weighted by atomic mass is 19.4. The molecule has 0 spiro atoms. The van der Waals surface area contributed by atoms with Gasteiger partial charge in [-0.1, -0.05) is 54.6 Å². The van der Waals surface area contributed by atoms with Gasteiger partial charge >= 0.3 is 6.36 Å². The van der Waals surface area contributed by atoms with Crippen molar-refractivity contribution in [3.8, 4) is 16.9 Å². The highest BCUT2D eigenvalue weighted by Gasteiger charge is 2.32. The number of para-hydroxylation sites is 3. The number of ether oxygens (including phenoxy) is 1. The lowest BCUT2D eigenvalue weighted by Gasteiger charge is -2.16. The van der Waals surface area contributed by atoms with Crippen molar-refractivity contribution in [2.45, 2.75) is 6.36 Å². The van der Waals surface area contributed by atoms with Crippen LogP contribution >= 0.6 is 0 Å². The molecule has 3 rings (SSSR count). The van der Waals surface area contributed by atoms with Gasteiger partial charge in [-0.25, -0.2) is 0 Å². The molecule has 2 nitrogen and oxygen atoms in total. The summed E-state index contributed by atoms with van der Waals surface area (Å²) in [5.74, 6) is -0.229. The maximum Gasteiger partial charge on any atom is 0.573 e. The second-order valence-corrected chi connectivity index (χ2v) is 5.08. The standard InChI is InChI=1S/C19H14F3NO/c20-19(21,22)24-18-13-7-5-11-16(18)15-10-4-6-12-17(15)23-14-8-2-1-3-9-14/h1-13,23H. The van der Waals surface area contributed by atoms with Crippen LogP contribution in [0.3, 0.4) is 0 Å². The molecule has 3 aromatic rings. The zero-order chi connectivity index (χ0) is 17.0. The fourth-order valence-corrected chi connectivity index (χ4v) is 2.41. The molecule has 0 fully saturated rings. The lowest BCUT2D eigenvalue weighted by Crippen LogP contribution is -2.17. The second-order valence-electron chi connectivity index (χ2n) is 5.08. The summed E-state index contributed by atoms with van der Waals surface area (Å²) in [5.41, 5.74) is 2.54. The van der Waals surface area contributed by atoms with Gasteiger partial charge in [0.25, 0.3) is 0 Å². The zero-order valence-electron chi connectivity index (χ0n) is 12.5. The van der Waals surface area contributed by atoms with Crippen LogP contribution in [0.1, 0.15) is 0 Å². The zero-order valence-corrected chi connectivity index (χ0v) is 12.5. The van der Waals surface area contributed by atoms with Crippen LogP contribution in [0.15, 0.2) is 78.9 Å². The first-order chi connectivity index (χ1) is 11.5. The van der Waals surface area contributed by atoms with E-state index >= 15 is 0 Å². The molecular weight excluding hydrogens is 315 g/mol. The van der Waals surface area contributed by atoms with E-state index in [0.29, 0.717) is 16.8 Å². The number of benzene rings is 3. The van der Waals surface area contributed by atoms with Crippen LogP contribution in [-0.4, -0.2) is 6.36 Å². The Kier molecular flexibility index (Phi) is 4.42.